The van der Waals surface area contributed by atoms with E-state index in [0.29, 0.717) is 36.5 Å². The molecule has 6 nitrogen and oxygen atoms in total. The Morgan fingerprint density at radius 3 is 2.26 bits per heavy atom. The molecule has 2 atom stereocenters. The molecule has 8 heteroatoms. The number of Topliss-reactive ketones (excluding diaryl/α,β-unsaturated/α-hetero) is 2. The number of carbonyl (C=O) groups excluding carboxylic acids is 2. The first-order valence-electron chi connectivity index (χ1n) is 9.09. The molecule has 27 heavy (non-hydrogen) atoms. The van der Waals surface area contributed by atoms with Crippen molar-refractivity contribution in [2.75, 3.05) is 20.1 Å². The molecule has 1 fully saturated rings. The van der Waals surface area contributed by atoms with Gasteiger partial charge in [0.2, 0.25) is 0 Å². The van der Waals surface area contributed by atoms with E-state index >= 15 is 0 Å². The molecule has 0 bridgehead atoms. The first-order valence-corrected chi connectivity index (χ1v) is 10.5. The Morgan fingerprint density at radius 2 is 1.78 bits per heavy atom. The Labute approximate surface area is 168 Å². The van der Waals surface area contributed by atoms with Crippen molar-refractivity contribution in [3.63, 3.8) is 0 Å². The van der Waals surface area contributed by atoms with Crippen LogP contribution in [0.4, 0.5) is 0 Å². The Hall–Kier alpha value is -1.12. The van der Waals surface area contributed by atoms with Gasteiger partial charge in [-0.2, -0.15) is 13.7 Å². The molecule has 0 aliphatic carbocycles. The Balaban J connectivity index is 1.88. The predicted octanol–water partition coefficient (Wildman–Crippen LogP) is 3.29. The minimum atomic E-state index is -1.76. The van der Waals surface area contributed by atoms with Crippen LogP contribution in [0, 0.1) is 11.8 Å². The van der Waals surface area contributed by atoms with Crippen molar-refractivity contribution in [2.24, 2.45) is 11.8 Å². The van der Waals surface area contributed by atoms with Crippen molar-refractivity contribution in [3.05, 3.63) is 34.9 Å². The van der Waals surface area contributed by atoms with Crippen LogP contribution in [0.25, 0.3) is 0 Å². The summed E-state index contributed by atoms with van der Waals surface area (Å²) < 4.78 is 19.5. The van der Waals surface area contributed by atoms with Gasteiger partial charge in [-0.15, -0.1) is 0 Å². The smallest absolute Gasteiger partial charge is 0.255 e. The molecule has 150 valence electrons. The zero-order chi connectivity index (χ0) is 20.1. The zero-order valence-electron chi connectivity index (χ0n) is 16.2. The van der Waals surface area contributed by atoms with Gasteiger partial charge in [-0.3, -0.25) is 9.59 Å². The van der Waals surface area contributed by atoms with Gasteiger partial charge in [0, 0.05) is 36.6 Å². The molecule has 0 aromatic heterocycles. The number of nitrogens with zero attached hydrogens (tertiary/aromatic N) is 2. The van der Waals surface area contributed by atoms with E-state index in [1.165, 1.54) is 11.2 Å². The Morgan fingerprint density at radius 1 is 1.22 bits per heavy atom. The number of carbonyl (C=O) groups is 2. The Bertz CT molecular complexity index is 687. The lowest BCUT2D eigenvalue weighted by molar-refractivity contribution is -0.122. The van der Waals surface area contributed by atoms with E-state index in [0.717, 1.165) is 0 Å². The first kappa shape index (κ1) is 22.2. The maximum absolute atomic E-state index is 12.6. The summed E-state index contributed by atoms with van der Waals surface area (Å²) >= 11 is 4.11. The molecule has 0 radical (unpaired) electrons. The van der Waals surface area contributed by atoms with Crippen LogP contribution >= 0.6 is 11.6 Å². The standard InChI is InChI=1S/C19H27ClN2O4S/c1-13(2)18(14(3)23)21(4)27(25)26-22-11-9-16(10-12-22)19(24)15-5-7-17(20)8-6-15/h5-8,13,16,18H,9-12H2,1-4H3. The van der Waals surface area contributed by atoms with Crippen molar-refractivity contribution in [1.82, 2.24) is 9.37 Å². The van der Waals surface area contributed by atoms with Gasteiger partial charge in [0.25, 0.3) is 11.3 Å². The van der Waals surface area contributed by atoms with E-state index in [1.54, 1.807) is 36.4 Å². The van der Waals surface area contributed by atoms with Gasteiger partial charge in [0.1, 0.15) is 5.78 Å². The summed E-state index contributed by atoms with van der Waals surface area (Å²) in [5.74, 6) is -0.00154. The largest absolute Gasteiger partial charge is 0.298 e. The number of piperidine rings is 1. The highest BCUT2D eigenvalue weighted by Gasteiger charge is 2.31. The zero-order valence-corrected chi connectivity index (χ0v) is 17.8. The second-order valence-electron chi connectivity index (χ2n) is 7.21. The van der Waals surface area contributed by atoms with Crippen molar-refractivity contribution < 1.29 is 18.1 Å². The highest BCUT2D eigenvalue weighted by molar-refractivity contribution is 7.77. The third kappa shape index (κ3) is 5.93. The number of hydrogen-bond donors (Lipinski definition) is 0. The van der Waals surface area contributed by atoms with E-state index in [9.17, 15) is 13.8 Å². The molecule has 1 aromatic carbocycles. The fourth-order valence-electron chi connectivity index (χ4n) is 3.42. The van der Waals surface area contributed by atoms with E-state index in [2.05, 4.69) is 0 Å². The van der Waals surface area contributed by atoms with Crippen LogP contribution in [-0.2, 0) is 20.3 Å². The van der Waals surface area contributed by atoms with Crippen molar-refractivity contribution in [2.45, 2.75) is 39.7 Å². The van der Waals surface area contributed by atoms with Crippen LogP contribution in [0.1, 0.15) is 44.0 Å². The number of halogens is 1. The van der Waals surface area contributed by atoms with E-state index < -0.39 is 17.3 Å². The molecule has 0 N–H and O–H groups in total. The Kier molecular flexibility index (Phi) is 8.12. The quantitative estimate of drug-likeness (QED) is 0.610. The fraction of sp³-hybridized carbons (Fsp3) is 0.579. The highest BCUT2D eigenvalue weighted by Crippen LogP contribution is 2.24. The molecular weight excluding hydrogens is 388 g/mol. The molecule has 1 heterocycles. The summed E-state index contributed by atoms with van der Waals surface area (Å²) in [5.41, 5.74) is 0.656. The minimum absolute atomic E-state index is 0.0304. The monoisotopic (exact) mass is 414 g/mol. The second kappa shape index (κ2) is 9.89. The number of ketones is 2. The van der Waals surface area contributed by atoms with E-state index in [-0.39, 0.29) is 23.4 Å². The number of benzene rings is 1. The van der Waals surface area contributed by atoms with Crippen LogP contribution < -0.4 is 0 Å². The predicted molar refractivity (Wildman–Crippen MR) is 106 cm³/mol. The van der Waals surface area contributed by atoms with Gasteiger partial charge in [0.05, 0.1) is 6.04 Å². The fourth-order valence-corrected chi connectivity index (χ4v) is 4.56. The van der Waals surface area contributed by atoms with Gasteiger partial charge in [-0.1, -0.05) is 25.4 Å². The van der Waals surface area contributed by atoms with Gasteiger partial charge >= 0.3 is 0 Å². The lowest BCUT2D eigenvalue weighted by atomic mass is 9.89. The highest BCUT2D eigenvalue weighted by atomic mass is 35.5. The van der Waals surface area contributed by atoms with Crippen LogP contribution in [0.5, 0.6) is 0 Å². The van der Waals surface area contributed by atoms with Gasteiger partial charge in [0.15, 0.2) is 5.78 Å². The van der Waals surface area contributed by atoms with E-state index in [1.807, 2.05) is 13.8 Å². The van der Waals surface area contributed by atoms with Crippen LogP contribution in [0.15, 0.2) is 24.3 Å². The summed E-state index contributed by atoms with van der Waals surface area (Å²) in [6, 6.07) is 6.45. The lowest BCUT2D eigenvalue weighted by Gasteiger charge is -2.32. The SMILES string of the molecule is CC(=O)C(C(C)C)N(C)S(=O)ON1CCC(C(=O)c2ccc(Cl)cc2)CC1. The maximum Gasteiger partial charge on any atom is 0.255 e. The molecule has 1 saturated heterocycles. The maximum atomic E-state index is 12.6. The molecule has 0 saturated carbocycles. The third-order valence-electron chi connectivity index (χ3n) is 4.80. The third-order valence-corrected chi connectivity index (χ3v) is 6.09. The summed E-state index contributed by atoms with van der Waals surface area (Å²) in [6.07, 6.45) is 1.26. The summed E-state index contributed by atoms with van der Waals surface area (Å²) in [7, 11) is 1.62. The first-order chi connectivity index (χ1) is 12.7. The minimum Gasteiger partial charge on any atom is -0.298 e. The van der Waals surface area contributed by atoms with E-state index in [4.69, 9.17) is 15.9 Å². The average Bonchev–Trinajstić information content (AvgIpc) is 2.61. The molecule has 1 aromatic rings. The number of likely N-dealkylation sites (N-methyl/N-ethyl adjacent to an activating group) is 1. The van der Waals surface area contributed by atoms with Gasteiger partial charge < -0.3 is 0 Å². The molecular formula is C19H27ClN2O4S. The summed E-state index contributed by atoms with van der Waals surface area (Å²) in [4.78, 5) is 24.4. The van der Waals surface area contributed by atoms with Crippen molar-refractivity contribution in [1.29, 1.82) is 0 Å². The summed E-state index contributed by atoms with van der Waals surface area (Å²) in [5, 5.41) is 2.22. The van der Waals surface area contributed by atoms with Crippen LogP contribution in [-0.4, -0.2) is 51.3 Å². The van der Waals surface area contributed by atoms with Crippen molar-refractivity contribution in [3.8, 4) is 0 Å². The van der Waals surface area contributed by atoms with Crippen molar-refractivity contribution >= 4 is 34.4 Å². The number of hydroxylamine groups is 2. The normalized spacial score (nSPS) is 18.6. The van der Waals surface area contributed by atoms with Crippen LogP contribution in [0.2, 0.25) is 5.02 Å². The topological polar surface area (TPSA) is 66.9 Å². The molecule has 0 spiro atoms. The lowest BCUT2D eigenvalue weighted by Crippen LogP contribution is -2.45. The molecule has 1 aliphatic heterocycles. The van der Waals surface area contributed by atoms with Gasteiger partial charge in [-0.25, -0.2) is 4.21 Å². The second-order valence-corrected chi connectivity index (χ2v) is 8.81. The molecule has 1 aliphatic rings. The van der Waals surface area contributed by atoms with Gasteiger partial charge in [-0.05, 0) is 49.9 Å². The molecule has 2 rings (SSSR count). The number of rotatable bonds is 8. The average molecular weight is 415 g/mol. The summed E-state index contributed by atoms with van der Waals surface area (Å²) in [6.45, 7) is 6.33. The molecule has 0 amide bonds. The van der Waals surface area contributed by atoms with Crippen LogP contribution in [0.3, 0.4) is 0 Å². The molecule has 2 unspecified atom stereocenters. The number of hydrogen-bond acceptors (Lipinski definition) is 5.